The molecule has 2 aromatic rings. The van der Waals surface area contributed by atoms with Crippen LogP contribution in [0.2, 0.25) is 0 Å². The van der Waals surface area contributed by atoms with Crippen molar-refractivity contribution in [3.05, 3.63) is 59.4 Å². The van der Waals surface area contributed by atoms with Gasteiger partial charge < -0.3 is 10.6 Å². The third-order valence-corrected chi connectivity index (χ3v) is 3.17. The first-order valence-corrected chi connectivity index (χ1v) is 6.61. The maximum atomic E-state index is 14.2. The van der Waals surface area contributed by atoms with E-state index in [1.165, 1.54) is 42.3 Å². The van der Waals surface area contributed by atoms with Crippen molar-refractivity contribution in [2.45, 2.75) is 19.4 Å². The molecule has 1 unspecified atom stereocenters. The summed E-state index contributed by atoms with van der Waals surface area (Å²) in [4.78, 5) is 1.28. The molecule has 112 valence electrons. The number of halogens is 3. The summed E-state index contributed by atoms with van der Waals surface area (Å²) in [5.74, 6) is -1.86. The Labute approximate surface area is 122 Å². The smallest absolute Gasteiger partial charge is 0.150 e. The van der Waals surface area contributed by atoms with Gasteiger partial charge in [0.05, 0.1) is 0 Å². The number of hydrogen-bond acceptors (Lipinski definition) is 2. The van der Waals surface area contributed by atoms with E-state index in [9.17, 15) is 13.2 Å². The van der Waals surface area contributed by atoms with Crippen LogP contribution >= 0.6 is 0 Å². The highest BCUT2D eigenvalue weighted by atomic mass is 19.1. The Bertz CT molecular complexity index is 618. The highest BCUT2D eigenvalue weighted by Gasteiger charge is 2.17. The van der Waals surface area contributed by atoms with Crippen molar-refractivity contribution < 1.29 is 13.2 Å². The van der Waals surface area contributed by atoms with Crippen LogP contribution in [0, 0.1) is 17.5 Å². The third kappa shape index (κ3) is 3.55. The van der Waals surface area contributed by atoms with Crippen LogP contribution in [0.1, 0.15) is 12.5 Å². The van der Waals surface area contributed by atoms with Crippen molar-refractivity contribution in [3.8, 4) is 0 Å². The van der Waals surface area contributed by atoms with Gasteiger partial charge in [-0.3, -0.25) is 0 Å². The molecule has 0 aliphatic heterocycles. The van der Waals surface area contributed by atoms with Gasteiger partial charge in [0.1, 0.15) is 23.1 Å². The standard InChI is InChI=1S/C16H17F3N2/c1-10(20)6-11-7-14(18)16(15(19)8-11)21(2)13-5-3-4-12(17)9-13/h3-5,7-10H,6,20H2,1-2H3. The molecule has 1 atom stereocenters. The van der Waals surface area contributed by atoms with Crippen molar-refractivity contribution in [2.75, 3.05) is 11.9 Å². The van der Waals surface area contributed by atoms with Gasteiger partial charge in [0.15, 0.2) is 0 Å². The van der Waals surface area contributed by atoms with E-state index >= 15 is 0 Å². The Morgan fingerprint density at radius 1 is 1.10 bits per heavy atom. The predicted octanol–water partition coefficient (Wildman–Crippen LogP) is 3.76. The second kappa shape index (κ2) is 6.18. The summed E-state index contributed by atoms with van der Waals surface area (Å²) in [6, 6.07) is 7.90. The van der Waals surface area contributed by atoms with Crippen LogP contribution in [0.5, 0.6) is 0 Å². The molecule has 0 saturated heterocycles. The van der Waals surface area contributed by atoms with E-state index in [1.54, 1.807) is 13.0 Å². The molecule has 0 aliphatic rings. The fraction of sp³-hybridized carbons (Fsp3) is 0.250. The fourth-order valence-electron chi connectivity index (χ4n) is 2.24. The van der Waals surface area contributed by atoms with Gasteiger partial charge in [-0.1, -0.05) is 6.07 Å². The second-order valence-electron chi connectivity index (χ2n) is 5.13. The quantitative estimate of drug-likeness (QED) is 0.930. The average Bonchev–Trinajstić information content (AvgIpc) is 2.36. The van der Waals surface area contributed by atoms with E-state index in [4.69, 9.17) is 5.73 Å². The first-order valence-electron chi connectivity index (χ1n) is 6.61. The Morgan fingerprint density at radius 3 is 2.24 bits per heavy atom. The lowest BCUT2D eigenvalue weighted by Gasteiger charge is -2.21. The fourth-order valence-corrected chi connectivity index (χ4v) is 2.24. The molecule has 5 heteroatoms. The molecule has 0 radical (unpaired) electrons. The zero-order valence-electron chi connectivity index (χ0n) is 11.9. The summed E-state index contributed by atoms with van der Waals surface area (Å²) < 4.78 is 41.6. The van der Waals surface area contributed by atoms with Gasteiger partial charge >= 0.3 is 0 Å². The van der Waals surface area contributed by atoms with Gasteiger partial charge in [-0.25, -0.2) is 13.2 Å². The van der Waals surface area contributed by atoms with Crippen molar-refractivity contribution in [1.82, 2.24) is 0 Å². The average molecular weight is 294 g/mol. The molecule has 2 nitrogen and oxygen atoms in total. The molecule has 0 heterocycles. The number of nitrogens with zero attached hydrogens (tertiary/aromatic N) is 1. The van der Waals surface area contributed by atoms with Gasteiger partial charge in [0, 0.05) is 18.8 Å². The lowest BCUT2D eigenvalue weighted by molar-refractivity contribution is 0.577. The maximum absolute atomic E-state index is 14.2. The van der Waals surface area contributed by atoms with Gasteiger partial charge in [0.25, 0.3) is 0 Å². The minimum atomic E-state index is -0.697. The zero-order valence-corrected chi connectivity index (χ0v) is 11.9. The highest BCUT2D eigenvalue weighted by molar-refractivity contribution is 5.64. The van der Waals surface area contributed by atoms with Crippen LogP contribution in [-0.4, -0.2) is 13.1 Å². The predicted molar refractivity (Wildman–Crippen MR) is 78.2 cm³/mol. The van der Waals surface area contributed by atoms with E-state index in [0.29, 0.717) is 17.7 Å². The summed E-state index contributed by atoms with van der Waals surface area (Å²) >= 11 is 0. The Balaban J connectivity index is 2.40. The van der Waals surface area contributed by atoms with Crippen LogP contribution in [0.4, 0.5) is 24.5 Å². The van der Waals surface area contributed by atoms with Gasteiger partial charge in [-0.15, -0.1) is 0 Å². The van der Waals surface area contributed by atoms with E-state index in [-0.39, 0.29) is 11.7 Å². The highest BCUT2D eigenvalue weighted by Crippen LogP contribution is 2.30. The first-order chi connectivity index (χ1) is 9.88. The maximum Gasteiger partial charge on any atom is 0.150 e. The number of benzene rings is 2. The third-order valence-electron chi connectivity index (χ3n) is 3.17. The Hall–Kier alpha value is -2.01. The number of rotatable bonds is 4. The van der Waals surface area contributed by atoms with Crippen LogP contribution in [0.3, 0.4) is 0 Å². The molecule has 2 N–H and O–H groups in total. The molecule has 0 amide bonds. The van der Waals surface area contributed by atoms with Crippen molar-refractivity contribution in [3.63, 3.8) is 0 Å². The number of nitrogens with two attached hydrogens (primary N) is 1. The van der Waals surface area contributed by atoms with E-state index in [1.807, 2.05) is 0 Å². The largest absolute Gasteiger partial charge is 0.340 e. The monoisotopic (exact) mass is 294 g/mol. The SMILES string of the molecule is CC(N)Cc1cc(F)c(N(C)c2cccc(F)c2)c(F)c1. The van der Waals surface area contributed by atoms with Crippen molar-refractivity contribution in [1.29, 1.82) is 0 Å². The van der Waals surface area contributed by atoms with Crippen LogP contribution in [-0.2, 0) is 6.42 Å². The summed E-state index contributed by atoms with van der Waals surface area (Å²) in [6.07, 6.45) is 0.387. The Kier molecular flexibility index (Phi) is 4.53. The molecule has 2 aromatic carbocycles. The topological polar surface area (TPSA) is 29.3 Å². The lowest BCUT2D eigenvalue weighted by atomic mass is 10.1. The number of anilines is 2. The minimum absolute atomic E-state index is 0.185. The van der Waals surface area contributed by atoms with Crippen LogP contribution < -0.4 is 10.6 Å². The number of hydrogen-bond donors (Lipinski definition) is 1. The molecular weight excluding hydrogens is 277 g/mol. The molecule has 0 spiro atoms. The minimum Gasteiger partial charge on any atom is -0.340 e. The first kappa shape index (κ1) is 15.4. The summed E-state index contributed by atoms with van der Waals surface area (Å²) in [5, 5.41) is 0. The second-order valence-corrected chi connectivity index (χ2v) is 5.13. The Morgan fingerprint density at radius 2 is 1.71 bits per heavy atom. The normalized spacial score (nSPS) is 12.3. The van der Waals surface area contributed by atoms with Gasteiger partial charge in [-0.05, 0) is 49.2 Å². The summed E-state index contributed by atoms with van der Waals surface area (Å²) in [7, 11) is 1.49. The van der Waals surface area contributed by atoms with Gasteiger partial charge in [0.2, 0.25) is 0 Å². The molecule has 0 aromatic heterocycles. The summed E-state index contributed by atoms with van der Waals surface area (Å²) in [5.41, 5.74) is 6.28. The molecule has 0 aliphatic carbocycles. The van der Waals surface area contributed by atoms with E-state index in [2.05, 4.69) is 0 Å². The molecule has 2 rings (SSSR count). The molecular formula is C16H17F3N2. The molecule has 21 heavy (non-hydrogen) atoms. The summed E-state index contributed by atoms with van der Waals surface area (Å²) in [6.45, 7) is 1.77. The van der Waals surface area contributed by atoms with E-state index < -0.39 is 17.5 Å². The van der Waals surface area contributed by atoms with Crippen molar-refractivity contribution in [2.24, 2.45) is 5.73 Å². The molecule has 0 bridgehead atoms. The van der Waals surface area contributed by atoms with Crippen molar-refractivity contribution >= 4 is 11.4 Å². The lowest BCUT2D eigenvalue weighted by Crippen LogP contribution is -2.19. The van der Waals surface area contributed by atoms with E-state index in [0.717, 1.165) is 0 Å². The van der Waals surface area contributed by atoms with Crippen LogP contribution in [0.15, 0.2) is 36.4 Å². The molecule has 0 saturated carbocycles. The zero-order chi connectivity index (χ0) is 15.6. The molecule has 0 fully saturated rings. The van der Waals surface area contributed by atoms with Crippen LogP contribution in [0.25, 0.3) is 0 Å². The van der Waals surface area contributed by atoms with Gasteiger partial charge in [-0.2, -0.15) is 0 Å².